The summed E-state index contributed by atoms with van der Waals surface area (Å²) in [6, 6.07) is 19.8. The minimum absolute atomic E-state index is 0.177. The van der Waals surface area contributed by atoms with Gasteiger partial charge in [-0.2, -0.15) is 0 Å². The normalized spacial score (nSPS) is 27.9. The number of thiophene rings is 1. The minimum atomic E-state index is -0.177. The van der Waals surface area contributed by atoms with Gasteiger partial charge in [0.15, 0.2) is 0 Å². The van der Waals surface area contributed by atoms with Crippen LogP contribution in [0.3, 0.4) is 0 Å². The van der Waals surface area contributed by atoms with Gasteiger partial charge in [0.25, 0.3) is 0 Å². The summed E-state index contributed by atoms with van der Waals surface area (Å²) in [5.41, 5.74) is 1.21. The zero-order chi connectivity index (χ0) is 17.6. The molecule has 1 aromatic heterocycles. The predicted octanol–water partition coefficient (Wildman–Crippen LogP) is 6.10. The maximum atomic E-state index is 6.53. The van der Waals surface area contributed by atoms with Gasteiger partial charge in [-0.25, -0.2) is 0 Å². The molecule has 0 saturated carbocycles. The number of hydrogen-bond donors (Lipinski definition) is 1. The minimum Gasteiger partial charge on any atom is -0.355 e. The predicted molar refractivity (Wildman–Crippen MR) is 109 cm³/mol. The lowest BCUT2D eigenvalue weighted by atomic mass is 9.85. The van der Waals surface area contributed by atoms with E-state index in [-0.39, 0.29) is 5.72 Å². The van der Waals surface area contributed by atoms with Crippen LogP contribution in [0.5, 0.6) is 0 Å². The summed E-state index contributed by atoms with van der Waals surface area (Å²) in [5.74, 6) is 0.545. The molecule has 2 fully saturated rings. The van der Waals surface area contributed by atoms with Gasteiger partial charge < -0.3 is 4.74 Å². The summed E-state index contributed by atoms with van der Waals surface area (Å²) in [6.07, 6.45) is 4.54. The third kappa shape index (κ3) is 3.18. The Balaban J connectivity index is 1.33. The van der Waals surface area contributed by atoms with E-state index in [1.54, 1.807) is 0 Å². The highest BCUT2D eigenvalue weighted by Crippen LogP contribution is 2.44. The number of ether oxygens (including phenoxy) is 1. The first-order chi connectivity index (χ1) is 12.7. The number of rotatable bonds is 4. The van der Waals surface area contributed by atoms with E-state index >= 15 is 0 Å². The zero-order valence-corrected chi connectivity index (χ0v) is 16.2. The Morgan fingerprint density at radius 2 is 2.00 bits per heavy atom. The molecule has 3 unspecified atom stereocenters. The molecular weight excluding hydrogens is 362 g/mol. The summed E-state index contributed by atoms with van der Waals surface area (Å²) in [5, 5.41) is 5.90. The molecule has 0 aliphatic carbocycles. The van der Waals surface area contributed by atoms with Gasteiger partial charge in [0, 0.05) is 20.6 Å². The van der Waals surface area contributed by atoms with Gasteiger partial charge in [-0.3, -0.25) is 5.32 Å². The van der Waals surface area contributed by atoms with Crippen molar-refractivity contribution in [2.45, 2.75) is 50.0 Å². The van der Waals surface area contributed by atoms with E-state index < -0.39 is 0 Å². The lowest BCUT2D eigenvalue weighted by molar-refractivity contribution is -0.0895. The van der Waals surface area contributed by atoms with Gasteiger partial charge in [-0.15, -0.1) is 11.3 Å². The fraction of sp³-hybridized carbons (Fsp3) is 0.364. The summed E-state index contributed by atoms with van der Waals surface area (Å²) in [6.45, 7) is 0.687. The first-order valence-corrected chi connectivity index (χ1v) is 10.5. The van der Waals surface area contributed by atoms with Crippen molar-refractivity contribution in [1.29, 1.82) is 0 Å². The van der Waals surface area contributed by atoms with E-state index in [0.717, 1.165) is 17.9 Å². The third-order valence-electron chi connectivity index (χ3n) is 5.82. The van der Waals surface area contributed by atoms with Crippen LogP contribution in [-0.4, -0.2) is 11.8 Å². The van der Waals surface area contributed by atoms with Crippen LogP contribution in [0.1, 0.15) is 42.0 Å². The van der Waals surface area contributed by atoms with Crippen LogP contribution in [0.15, 0.2) is 54.6 Å². The SMILES string of the molecule is Clc1ccc(C2CC3CCC(OCc4cc5ccccc5s4)(C2)N3)cc1. The number of fused-ring (bicyclic) bond motifs is 3. The van der Waals surface area contributed by atoms with Crippen molar-refractivity contribution >= 4 is 33.0 Å². The molecule has 2 nitrogen and oxygen atoms in total. The van der Waals surface area contributed by atoms with Crippen LogP contribution in [0.2, 0.25) is 5.02 Å². The molecule has 0 amide bonds. The standard InChI is InChI=1S/C22H22ClNOS/c23-18-7-5-15(6-8-18)17-11-19-9-10-22(13-17,24-19)25-14-20-12-16-3-1-2-4-21(16)26-20/h1-8,12,17,19,24H,9-11,13-14H2. The Hall–Kier alpha value is -1.39. The Kier molecular flexibility index (Phi) is 4.29. The molecule has 3 heterocycles. The molecule has 2 aromatic carbocycles. The lowest BCUT2D eigenvalue weighted by Gasteiger charge is -2.39. The highest BCUT2D eigenvalue weighted by atomic mass is 35.5. The Bertz CT molecular complexity index is 888. The van der Waals surface area contributed by atoms with Crippen LogP contribution in [0, 0.1) is 0 Å². The van der Waals surface area contributed by atoms with Gasteiger partial charge in [0.05, 0.1) is 6.61 Å². The summed E-state index contributed by atoms with van der Waals surface area (Å²) in [4.78, 5) is 1.31. The Morgan fingerprint density at radius 3 is 2.85 bits per heavy atom. The summed E-state index contributed by atoms with van der Waals surface area (Å²) in [7, 11) is 0. The molecule has 2 aliphatic heterocycles. The van der Waals surface area contributed by atoms with E-state index in [1.807, 2.05) is 23.5 Å². The van der Waals surface area contributed by atoms with Crippen LogP contribution < -0.4 is 5.32 Å². The first-order valence-electron chi connectivity index (χ1n) is 9.34. The van der Waals surface area contributed by atoms with Gasteiger partial charge in [0.2, 0.25) is 0 Å². The Morgan fingerprint density at radius 1 is 1.15 bits per heavy atom. The highest BCUT2D eigenvalue weighted by Gasteiger charge is 2.46. The second-order valence-electron chi connectivity index (χ2n) is 7.60. The molecule has 0 radical (unpaired) electrons. The number of benzene rings is 2. The Labute approximate surface area is 163 Å². The van der Waals surface area contributed by atoms with E-state index in [9.17, 15) is 0 Å². The molecule has 134 valence electrons. The molecule has 4 heteroatoms. The van der Waals surface area contributed by atoms with Gasteiger partial charge in [-0.1, -0.05) is 41.9 Å². The molecule has 2 bridgehead atoms. The summed E-state index contributed by atoms with van der Waals surface area (Å²) < 4.78 is 7.86. The van der Waals surface area contributed by atoms with Crippen molar-refractivity contribution in [3.05, 3.63) is 70.1 Å². The van der Waals surface area contributed by atoms with Crippen molar-refractivity contribution in [3.8, 4) is 0 Å². The second kappa shape index (κ2) is 6.65. The highest BCUT2D eigenvalue weighted by molar-refractivity contribution is 7.19. The molecule has 26 heavy (non-hydrogen) atoms. The number of halogens is 1. The second-order valence-corrected chi connectivity index (χ2v) is 9.21. The van der Waals surface area contributed by atoms with Crippen LogP contribution in [-0.2, 0) is 11.3 Å². The monoisotopic (exact) mass is 383 g/mol. The quantitative estimate of drug-likeness (QED) is 0.587. The van der Waals surface area contributed by atoms with Crippen molar-refractivity contribution in [2.75, 3.05) is 0 Å². The molecule has 3 atom stereocenters. The molecule has 5 rings (SSSR count). The van der Waals surface area contributed by atoms with Crippen molar-refractivity contribution in [3.63, 3.8) is 0 Å². The topological polar surface area (TPSA) is 21.3 Å². The van der Waals surface area contributed by atoms with E-state index in [0.29, 0.717) is 18.6 Å². The molecule has 1 N–H and O–H groups in total. The smallest absolute Gasteiger partial charge is 0.120 e. The zero-order valence-electron chi connectivity index (χ0n) is 14.6. The van der Waals surface area contributed by atoms with Gasteiger partial charge in [0.1, 0.15) is 5.72 Å². The van der Waals surface area contributed by atoms with E-state index in [4.69, 9.17) is 16.3 Å². The number of nitrogens with one attached hydrogen (secondary N) is 1. The van der Waals surface area contributed by atoms with E-state index in [1.165, 1.54) is 33.4 Å². The molecule has 2 saturated heterocycles. The fourth-order valence-corrected chi connectivity index (χ4v) is 5.67. The maximum Gasteiger partial charge on any atom is 0.120 e. The van der Waals surface area contributed by atoms with E-state index in [2.05, 4.69) is 47.8 Å². The average molecular weight is 384 g/mol. The average Bonchev–Trinajstić information content (AvgIpc) is 3.21. The van der Waals surface area contributed by atoms with Gasteiger partial charge in [-0.05, 0) is 66.8 Å². The lowest BCUT2D eigenvalue weighted by Crippen LogP contribution is -2.50. The summed E-state index contributed by atoms with van der Waals surface area (Å²) >= 11 is 7.90. The van der Waals surface area contributed by atoms with Crippen LogP contribution >= 0.6 is 22.9 Å². The first kappa shape index (κ1) is 16.8. The number of piperidine rings is 1. The largest absolute Gasteiger partial charge is 0.355 e. The van der Waals surface area contributed by atoms with Crippen LogP contribution in [0.25, 0.3) is 10.1 Å². The van der Waals surface area contributed by atoms with Crippen molar-refractivity contribution in [2.24, 2.45) is 0 Å². The molecule has 3 aromatic rings. The van der Waals surface area contributed by atoms with Crippen LogP contribution in [0.4, 0.5) is 0 Å². The molecule has 2 aliphatic rings. The van der Waals surface area contributed by atoms with Crippen molar-refractivity contribution in [1.82, 2.24) is 5.32 Å². The fourth-order valence-electron chi connectivity index (χ4n) is 4.57. The maximum absolute atomic E-state index is 6.53. The number of hydrogen-bond acceptors (Lipinski definition) is 3. The third-order valence-corrected chi connectivity index (χ3v) is 7.16. The van der Waals surface area contributed by atoms with Gasteiger partial charge >= 0.3 is 0 Å². The molecular formula is C22H22ClNOS. The molecule has 0 spiro atoms. The van der Waals surface area contributed by atoms with Crippen molar-refractivity contribution < 1.29 is 4.74 Å².